The minimum atomic E-state index is 0.175. The molecular formula is C21H23ClN3O+. The average Bonchev–Trinajstić information content (AvgIpc) is 2.68. The summed E-state index contributed by atoms with van der Waals surface area (Å²) in [7, 11) is 0. The second kappa shape index (κ2) is 7.22. The minimum Gasteiger partial charge on any atom is -0.340 e. The van der Waals surface area contributed by atoms with Gasteiger partial charge >= 0.3 is 0 Å². The van der Waals surface area contributed by atoms with Crippen molar-refractivity contribution < 1.29 is 9.36 Å². The zero-order chi connectivity index (χ0) is 18.1. The molecular weight excluding hydrogens is 346 g/mol. The number of rotatable bonds is 3. The number of amides is 1. The first-order valence-electron chi connectivity index (χ1n) is 9.12. The average molecular weight is 369 g/mol. The van der Waals surface area contributed by atoms with Gasteiger partial charge in [0.2, 0.25) is 16.9 Å². The summed E-state index contributed by atoms with van der Waals surface area (Å²) in [6.45, 7) is 7.03. The number of pyridine rings is 1. The minimum absolute atomic E-state index is 0.175. The molecule has 0 aliphatic carbocycles. The fraction of sp³-hybridized carbons (Fsp3) is 0.333. The van der Waals surface area contributed by atoms with Gasteiger partial charge in [0.25, 0.3) is 0 Å². The lowest BCUT2D eigenvalue weighted by molar-refractivity contribution is -0.645. The number of hydrogen-bond acceptors (Lipinski definition) is 2. The molecule has 0 N–H and O–H groups in total. The molecule has 134 valence electrons. The third-order valence-corrected chi connectivity index (χ3v) is 5.73. The molecule has 2 heterocycles. The largest absolute Gasteiger partial charge is 0.340 e. The van der Waals surface area contributed by atoms with Gasteiger partial charge in [0, 0.05) is 45.2 Å². The summed E-state index contributed by atoms with van der Waals surface area (Å²) in [6, 6.07) is 16.7. The van der Waals surface area contributed by atoms with E-state index in [1.54, 1.807) is 6.92 Å². The second-order valence-electron chi connectivity index (χ2n) is 6.85. The fourth-order valence-corrected chi connectivity index (χ4v) is 4.15. The van der Waals surface area contributed by atoms with Crippen molar-refractivity contribution in [2.45, 2.75) is 13.5 Å². The lowest BCUT2D eigenvalue weighted by atomic mass is 10.1. The number of carbonyl (C=O) groups excluding carboxylic acids is 1. The predicted octanol–water partition coefficient (Wildman–Crippen LogP) is 3.10. The van der Waals surface area contributed by atoms with Crippen LogP contribution in [0.25, 0.3) is 21.8 Å². The van der Waals surface area contributed by atoms with E-state index in [2.05, 4.69) is 45.9 Å². The normalized spacial score (nSPS) is 15.7. The van der Waals surface area contributed by atoms with Crippen LogP contribution in [-0.2, 0) is 11.3 Å². The maximum atomic E-state index is 11.5. The molecule has 1 aromatic heterocycles. The molecule has 0 atom stereocenters. The molecule has 3 aromatic rings. The molecule has 4 rings (SSSR count). The highest BCUT2D eigenvalue weighted by atomic mass is 35.5. The highest BCUT2D eigenvalue weighted by Crippen LogP contribution is 2.28. The fourth-order valence-electron chi connectivity index (χ4n) is 3.83. The molecule has 1 aliphatic rings. The highest BCUT2D eigenvalue weighted by molar-refractivity contribution is 6.39. The number of hydrogen-bond donors (Lipinski definition) is 0. The molecule has 0 saturated carbocycles. The molecule has 0 radical (unpaired) electrons. The van der Waals surface area contributed by atoms with Crippen LogP contribution in [-0.4, -0.2) is 48.4 Å². The van der Waals surface area contributed by atoms with Gasteiger partial charge < -0.3 is 4.90 Å². The van der Waals surface area contributed by atoms with E-state index < -0.39 is 0 Å². The Kier molecular flexibility index (Phi) is 4.79. The van der Waals surface area contributed by atoms with Gasteiger partial charge in [-0.05, 0) is 12.1 Å². The Bertz CT molecular complexity index is 907. The molecule has 2 aromatic carbocycles. The molecule has 1 amide bonds. The maximum absolute atomic E-state index is 11.5. The van der Waals surface area contributed by atoms with E-state index in [1.807, 2.05) is 17.0 Å². The number of carbonyl (C=O) groups is 1. The first kappa shape index (κ1) is 17.3. The van der Waals surface area contributed by atoms with Crippen LogP contribution >= 0.6 is 11.6 Å². The Labute approximate surface area is 158 Å². The molecule has 0 spiro atoms. The summed E-state index contributed by atoms with van der Waals surface area (Å²) in [5.41, 5.74) is 2.33. The van der Waals surface area contributed by atoms with Gasteiger partial charge in [-0.15, -0.1) is 0 Å². The van der Waals surface area contributed by atoms with E-state index in [0.717, 1.165) is 55.1 Å². The van der Waals surface area contributed by atoms with E-state index in [9.17, 15) is 4.79 Å². The number of nitrogens with zero attached hydrogens (tertiary/aromatic N) is 3. The van der Waals surface area contributed by atoms with Gasteiger partial charge in [-0.2, -0.15) is 4.57 Å². The van der Waals surface area contributed by atoms with Gasteiger partial charge in [-0.25, -0.2) is 0 Å². The van der Waals surface area contributed by atoms with Crippen LogP contribution in [0, 0.1) is 0 Å². The van der Waals surface area contributed by atoms with Crippen molar-refractivity contribution in [3.05, 3.63) is 53.6 Å². The summed E-state index contributed by atoms with van der Waals surface area (Å²) >= 11 is 6.68. The van der Waals surface area contributed by atoms with Crippen molar-refractivity contribution in [3.8, 4) is 0 Å². The summed E-state index contributed by atoms with van der Waals surface area (Å²) in [5.74, 6) is 0.175. The van der Waals surface area contributed by atoms with Crippen molar-refractivity contribution >= 4 is 39.3 Å². The molecule has 1 fully saturated rings. The molecule has 0 unspecified atom stereocenters. The Hall–Kier alpha value is -2.17. The van der Waals surface area contributed by atoms with Crippen molar-refractivity contribution in [1.82, 2.24) is 9.80 Å². The Morgan fingerprint density at radius 2 is 1.50 bits per heavy atom. The lowest BCUT2D eigenvalue weighted by Gasteiger charge is -2.33. The lowest BCUT2D eigenvalue weighted by Crippen LogP contribution is -2.51. The molecule has 26 heavy (non-hydrogen) atoms. The van der Waals surface area contributed by atoms with E-state index in [-0.39, 0.29) is 5.91 Å². The van der Waals surface area contributed by atoms with Crippen LogP contribution in [0.5, 0.6) is 0 Å². The van der Waals surface area contributed by atoms with E-state index in [1.165, 1.54) is 11.0 Å². The van der Waals surface area contributed by atoms with Crippen LogP contribution in [0.1, 0.15) is 6.92 Å². The van der Waals surface area contributed by atoms with Crippen LogP contribution in [0.4, 0.5) is 0 Å². The van der Waals surface area contributed by atoms with Gasteiger partial charge in [-0.1, -0.05) is 35.9 Å². The van der Waals surface area contributed by atoms with Crippen molar-refractivity contribution in [2.24, 2.45) is 0 Å². The Balaban J connectivity index is 1.63. The summed E-state index contributed by atoms with van der Waals surface area (Å²) < 4.78 is 2.37. The third-order valence-electron chi connectivity index (χ3n) is 5.32. The number of para-hydroxylation sites is 2. The van der Waals surface area contributed by atoms with Gasteiger partial charge in [0.05, 0.1) is 22.3 Å². The quantitative estimate of drug-likeness (QED) is 0.525. The first-order valence-corrected chi connectivity index (χ1v) is 9.49. The Morgan fingerprint density at radius 3 is 2.04 bits per heavy atom. The van der Waals surface area contributed by atoms with E-state index in [4.69, 9.17) is 11.6 Å². The smallest absolute Gasteiger partial charge is 0.219 e. The number of benzene rings is 2. The molecule has 1 aliphatic heterocycles. The molecule has 4 nitrogen and oxygen atoms in total. The SMILES string of the molecule is CC(=O)N1CCN(CC[n+]2c3ccccc3c(Cl)c3ccccc32)CC1. The van der Waals surface area contributed by atoms with E-state index >= 15 is 0 Å². The first-order chi connectivity index (χ1) is 12.6. The number of fused-ring (bicyclic) bond motifs is 2. The monoisotopic (exact) mass is 368 g/mol. The van der Waals surface area contributed by atoms with Crippen molar-refractivity contribution in [3.63, 3.8) is 0 Å². The van der Waals surface area contributed by atoms with Crippen molar-refractivity contribution in [1.29, 1.82) is 0 Å². The van der Waals surface area contributed by atoms with Crippen LogP contribution in [0.15, 0.2) is 48.5 Å². The maximum Gasteiger partial charge on any atom is 0.219 e. The predicted molar refractivity (Wildman–Crippen MR) is 105 cm³/mol. The van der Waals surface area contributed by atoms with Gasteiger partial charge in [0.1, 0.15) is 0 Å². The second-order valence-corrected chi connectivity index (χ2v) is 7.23. The third kappa shape index (κ3) is 3.15. The number of aromatic nitrogens is 1. The Morgan fingerprint density at radius 1 is 0.962 bits per heavy atom. The molecule has 0 bridgehead atoms. The summed E-state index contributed by atoms with van der Waals surface area (Å²) in [5, 5.41) is 3.01. The topological polar surface area (TPSA) is 27.4 Å². The summed E-state index contributed by atoms with van der Waals surface area (Å²) in [6.07, 6.45) is 0. The van der Waals surface area contributed by atoms with Crippen LogP contribution < -0.4 is 4.57 Å². The zero-order valence-corrected chi connectivity index (χ0v) is 15.7. The highest BCUT2D eigenvalue weighted by Gasteiger charge is 2.22. The van der Waals surface area contributed by atoms with Crippen LogP contribution in [0.3, 0.4) is 0 Å². The van der Waals surface area contributed by atoms with Gasteiger partial charge in [0.15, 0.2) is 6.54 Å². The number of piperazine rings is 1. The van der Waals surface area contributed by atoms with Gasteiger partial charge in [-0.3, -0.25) is 9.69 Å². The zero-order valence-electron chi connectivity index (χ0n) is 15.0. The number of halogens is 1. The molecule has 5 heteroatoms. The summed E-state index contributed by atoms with van der Waals surface area (Å²) in [4.78, 5) is 15.9. The standard InChI is InChI=1S/C21H23ClN3O/c1-16(26)24-13-10-23(11-14-24)12-15-25-19-8-4-2-6-17(19)21(22)18-7-3-5-9-20(18)25/h2-9H,10-15H2,1H3/q+1. The van der Waals surface area contributed by atoms with Crippen LogP contribution in [0.2, 0.25) is 5.02 Å². The van der Waals surface area contributed by atoms with E-state index in [0.29, 0.717) is 0 Å². The molecule has 1 saturated heterocycles. The van der Waals surface area contributed by atoms with Crippen molar-refractivity contribution in [2.75, 3.05) is 32.7 Å².